The Hall–Kier alpha value is -0.370. The number of hydrogen-bond acceptors (Lipinski definition) is 1. The molecule has 0 aromatic rings. The quantitative estimate of drug-likeness (QED) is 0.543. The molecule has 11 heavy (non-hydrogen) atoms. The molecule has 0 rings (SSSR count). The average Bonchev–Trinajstić information content (AvgIpc) is 2.03. The Balaban J connectivity index is 3.59. The standard InChI is InChI=1S/C9H17FO/c1-4-6-7-8(10)9(5-2)11-3/h5,8-9H,2,4,6-7H2,1,3H3. The molecule has 0 aromatic heterocycles. The molecule has 0 aliphatic heterocycles. The van der Waals surface area contributed by atoms with E-state index in [1.165, 1.54) is 13.2 Å². The Bertz CT molecular complexity index is 104. The van der Waals surface area contributed by atoms with Crippen LogP contribution in [-0.2, 0) is 4.74 Å². The first-order chi connectivity index (χ1) is 5.26. The Morgan fingerprint density at radius 1 is 1.64 bits per heavy atom. The molecule has 1 nitrogen and oxygen atoms in total. The van der Waals surface area contributed by atoms with Gasteiger partial charge in [-0.15, -0.1) is 6.58 Å². The Labute approximate surface area is 68.2 Å². The first-order valence-corrected chi connectivity index (χ1v) is 4.05. The van der Waals surface area contributed by atoms with Gasteiger partial charge in [0.1, 0.15) is 12.3 Å². The van der Waals surface area contributed by atoms with Crippen molar-refractivity contribution in [2.75, 3.05) is 7.11 Å². The topological polar surface area (TPSA) is 9.23 Å². The van der Waals surface area contributed by atoms with Crippen molar-refractivity contribution in [1.29, 1.82) is 0 Å². The molecule has 0 aromatic carbocycles. The number of unbranched alkanes of at least 4 members (excludes halogenated alkanes) is 1. The zero-order valence-electron chi connectivity index (χ0n) is 7.35. The molecule has 2 heteroatoms. The van der Waals surface area contributed by atoms with Crippen LogP contribution < -0.4 is 0 Å². The molecule has 66 valence electrons. The van der Waals surface area contributed by atoms with Gasteiger partial charge in [0.05, 0.1) is 0 Å². The fourth-order valence-electron chi connectivity index (χ4n) is 0.955. The molecule has 0 aliphatic rings. The van der Waals surface area contributed by atoms with Crippen molar-refractivity contribution in [3.05, 3.63) is 12.7 Å². The van der Waals surface area contributed by atoms with Crippen LogP contribution >= 0.6 is 0 Å². The predicted octanol–water partition coefficient (Wildman–Crippen LogP) is 2.72. The summed E-state index contributed by atoms with van der Waals surface area (Å²) in [6.07, 6.45) is 2.70. The van der Waals surface area contributed by atoms with Crippen LogP contribution in [0.5, 0.6) is 0 Å². The number of alkyl halides is 1. The van der Waals surface area contributed by atoms with Crippen molar-refractivity contribution in [2.45, 2.75) is 38.5 Å². The van der Waals surface area contributed by atoms with Crippen molar-refractivity contribution in [2.24, 2.45) is 0 Å². The normalized spacial score (nSPS) is 15.9. The van der Waals surface area contributed by atoms with E-state index >= 15 is 0 Å². The summed E-state index contributed by atoms with van der Waals surface area (Å²) in [6.45, 7) is 5.54. The van der Waals surface area contributed by atoms with Gasteiger partial charge in [0.2, 0.25) is 0 Å². The second-order valence-corrected chi connectivity index (χ2v) is 2.59. The first kappa shape index (κ1) is 10.6. The van der Waals surface area contributed by atoms with E-state index < -0.39 is 12.3 Å². The van der Waals surface area contributed by atoms with E-state index in [1.807, 2.05) is 6.92 Å². The molecule has 0 N–H and O–H groups in total. The molecule has 0 heterocycles. The lowest BCUT2D eigenvalue weighted by molar-refractivity contribution is 0.0616. The smallest absolute Gasteiger partial charge is 0.130 e. The van der Waals surface area contributed by atoms with Crippen molar-refractivity contribution in [3.63, 3.8) is 0 Å². The van der Waals surface area contributed by atoms with Crippen LogP contribution in [0.4, 0.5) is 4.39 Å². The molecule has 0 aliphatic carbocycles. The highest BCUT2D eigenvalue weighted by molar-refractivity contribution is 4.85. The van der Waals surface area contributed by atoms with E-state index in [9.17, 15) is 4.39 Å². The summed E-state index contributed by atoms with van der Waals surface area (Å²) in [6, 6.07) is 0. The lowest BCUT2D eigenvalue weighted by Gasteiger charge is -2.14. The van der Waals surface area contributed by atoms with Gasteiger partial charge in [-0.2, -0.15) is 0 Å². The van der Waals surface area contributed by atoms with Crippen LogP contribution in [0, 0.1) is 0 Å². The van der Waals surface area contributed by atoms with Crippen molar-refractivity contribution < 1.29 is 9.13 Å². The number of hydrogen-bond donors (Lipinski definition) is 0. The van der Waals surface area contributed by atoms with E-state index in [2.05, 4.69) is 6.58 Å². The summed E-state index contributed by atoms with van der Waals surface area (Å²) >= 11 is 0. The van der Waals surface area contributed by atoms with E-state index in [0.29, 0.717) is 6.42 Å². The van der Waals surface area contributed by atoms with Crippen LogP contribution in [0.1, 0.15) is 26.2 Å². The zero-order chi connectivity index (χ0) is 8.69. The number of halogens is 1. The number of rotatable bonds is 6. The molecular formula is C9H17FO. The number of methoxy groups -OCH3 is 1. The maximum Gasteiger partial charge on any atom is 0.130 e. The third-order valence-corrected chi connectivity index (χ3v) is 1.69. The highest BCUT2D eigenvalue weighted by Crippen LogP contribution is 2.11. The Morgan fingerprint density at radius 2 is 2.27 bits per heavy atom. The van der Waals surface area contributed by atoms with E-state index in [1.54, 1.807) is 0 Å². The van der Waals surface area contributed by atoms with Gasteiger partial charge in [-0.25, -0.2) is 4.39 Å². The SMILES string of the molecule is C=CC(OC)C(F)CCCC. The maximum atomic E-state index is 13.1. The summed E-state index contributed by atoms with van der Waals surface area (Å²) in [5.74, 6) is 0. The summed E-state index contributed by atoms with van der Waals surface area (Å²) in [7, 11) is 1.50. The molecule has 0 spiro atoms. The van der Waals surface area contributed by atoms with E-state index in [-0.39, 0.29) is 0 Å². The lowest BCUT2D eigenvalue weighted by Crippen LogP contribution is -2.21. The molecule has 2 atom stereocenters. The van der Waals surface area contributed by atoms with Crippen LogP contribution in [0.25, 0.3) is 0 Å². The minimum absolute atomic E-state index is 0.429. The van der Waals surface area contributed by atoms with Gasteiger partial charge in [-0.1, -0.05) is 25.8 Å². The van der Waals surface area contributed by atoms with Gasteiger partial charge in [-0.3, -0.25) is 0 Å². The van der Waals surface area contributed by atoms with E-state index in [0.717, 1.165) is 12.8 Å². The van der Waals surface area contributed by atoms with Gasteiger partial charge in [0.25, 0.3) is 0 Å². The summed E-state index contributed by atoms with van der Waals surface area (Å²) in [5.41, 5.74) is 0. The van der Waals surface area contributed by atoms with Crippen LogP contribution in [0.15, 0.2) is 12.7 Å². The summed E-state index contributed by atoms with van der Waals surface area (Å²) in [5, 5.41) is 0. The van der Waals surface area contributed by atoms with Crippen molar-refractivity contribution in [3.8, 4) is 0 Å². The number of ether oxygens (including phenoxy) is 1. The van der Waals surface area contributed by atoms with Crippen LogP contribution in [0.3, 0.4) is 0 Å². The fourth-order valence-corrected chi connectivity index (χ4v) is 0.955. The summed E-state index contributed by atoms with van der Waals surface area (Å²) < 4.78 is 17.9. The fraction of sp³-hybridized carbons (Fsp3) is 0.778. The molecule has 0 saturated heterocycles. The van der Waals surface area contributed by atoms with Gasteiger partial charge >= 0.3 is 0 Å². The predicted molar refractivity (Wildman–Crippen MR) is 45.4 cm³/mol. The monoisotopic (exact) mass is 160 g/mol. The minimum atomic E-state index is -0.891. The van der Waals surface area contributed by atoms with Gasteiger partial charge < -0.3 is 4.74 Å². The molecule has 0 saturated carbocycles. The van der Waals surface area contributed by atoms with Crippen LogP contribution in [0.2, 0.25) is 0 Å². The zero-order valence-corrected chi connectivity index (χ0v) is 7.35. The Kier molecular flexibility index (Phi) is 6.13. The largest absolute Gasteiger partial charge is 0.374 e. The third-order valence-electron chi connectivity index (χ3n) is 1.69. The average molecular weight is 160 g/mol. The van der Waals surface area contributed by atoms with Crippen molar-refractivity contribution in [1.82, 2.24) is 0 Å². The van der Waals surface area contributed by atoms with Gasteiger partial charge in [0.15, 0.2) is 0 Å². The van der Waals surface area contributed by atoms with Crippen LogP contribution in [-0.4, -0.2) is 19.4 Å². The highest BCUT2D eigenvalue weighted by Gasteiger charge is 2.15. The summed E-state index contributed by atoms with van der Waals surface area (Å²) in [4.78, 5) is 0. The molecule has 0 bridgehead atoms. The third kappa shape index (κ3) is 4.14. The molecule has 0 radical (unpaired) electrons. The second kappa shape index (κ2) is 6.35. The second-order valence-electron chi connectivity index (χ2n) is 2.59. The van der Waals surface area contributed by atoms with Gasteiger partial charge in [0, 0.05) is 7.11 Å². The molecule has 0 amide bonds. The van der Waals surface area contributed by atoms with Crippen molar-refractivity contribution >= 4 is 0 Å². The molecular weight excluding hydrogens is 143 g/mol. The lowest BCUT2D eigenvalue weighted by atomic mass is 10.1. The van der Waals surface area contributed by atoms with Gasteiger partial charge in [-0.05, 0) is 6.42 Å². The minimum Gasteiger partial charge on any atom is -0.374 e. The highest BCUT2D eigenvalue weighted by atomic mass is 19.1. The van der Waals surface area contributed by atoms with E-state index in [4.69, 9.17) is 4.74 Å². The Morgan fingerprint density at radius 3 is 2.64 bits per heavy atom. The molecule has 0 fully saturated rings. The first-order valence-electron chi connectivity index (χ1n) is 4.05. The maximum absolute atomic E-state index is 13.1. The molecule has 2 unspecified atom stereocenters.